The van der Waals surface area contributed by atoms with Crippen molar-refractivity contribution in [2.75, 3.05) is 31.1 Å². The molecule has 0 N–H and O–H groups in total. The Bertz CT molecular complexity index is 1170. The molecule has 0 saturated carbocycles. The van der Waals surface area contributed by atoms with E-state index in [0.29, 0.717) is 55.6 Å². The summed E-state index contributed by atoms with van der Waals surface area (Å²) in [5.74, 6) is 1.72. The third kappa shape index (κ3) is 4.05. The molecule has 1 aliphatic heterocycles. The molecule has 1 saturated heterocycles. The van der Waals surface area contributed by atoms with Gasteiger partial charge in [-0.3, -0.25) is 4.98 Å². The Morgan fingerprint density at radius 3 is 2.45 bits per heavy atom. The molecule has 0 amide bonds. The summed E-state index contributed by atoms with van der Waals surface area (Å²) in [5.41, 5.74) is 2.97. The van der Waals surface area contributed by atoms with Crippen molar-refractivity contribution in [2.45, 2.75) is 39.0 Å². The molecule has 0 atom stereocenters. The molecule has 3 aromatic rings. The number of sulfonamides is 1. The van der Waals surface area contributed by atoms with Crippen LogP contribution in [0.1, 0.15) is 29.1 Å². The number of nitrogens with zero attached hydrogens (tertiary/aromatic N) is 6. The van der Waals surface area contributed by atoms with E-state index in [1.165, 1.54) is 4.31 Å². The van der Waals surface area contributed by atoms with Crippen molar-refractivity contribution >= 4 is 15.8 Å². The van der Waals surface area contributed by atoms with Crippen LogP contribution in [0.3, 0.4) is 0 Å². The van der Waals surface area contributed by atoms with E-state index in [-0.39, 0.29) is 4.90 Å². The first-order chi connectivity index (χ1) is 14.8. The van der Waals surface area contributed by atoms with Crippen molar-refractivity contribution in [1.29, 1.82) is 0 Å². The lowest BCUT2D eigenvalue weighted by molar-refractivity contribution is 0.389. The van der Waals surface area contributed by atoms with Crippen LogP contribution in [0.25, 0.3) is 11.5 Å². The molecule has 164 valence electrons. The average Bonchev–Trinajstić information content (AvgIpc) is 2.94. The van der Waals surface area contributed by atoms with Gasteiger partial charge in [-0.1, -0.05) is 11.2 Å². The highest BCUT2D eigenvalue weighted by Crippen LogP contribution is 2.27. The van der Waals surface area contributed by atoms with Gasteiger partial charge in [-0.25, -0.2) is 18.4 Å². The van der Waals surface area contributed by atoms with Crippen LogP contribution in [0.5, 0.6) is 0 Å². The second-order valence-corrected chi connectivity index (χ2v) is 9.57. The normalized spacial score (nSPS) is 15.8. The van der Waals surface area contributed by atoms with Crippen molar-refractivity contribution < 1.29 is 12.9 Å². The fourth-order valence-corrected chi connectivity index (χ4v) is 5.61. The molecule has 3 aromatic heterocycles. The minimum atomic E-state index is -3.67. The molecule has 31 heavy (non-hydrogen) atoms. The van der Waals surface area contributed by atoms with E-state index in [4.69, 9.17) is 9.51 Å². The highest BCUT2D eigenvalue weighted by Gasteiger charge is 2.32. The number of anilines is 1. The predicted octanol–water partition coefficient (Wildman–Crippen LogP) is 2.66. The van der Waals surface area contributed by atoms with E-state index >= 15 is 0 Å². The molecule has 9 nitrogen and oxygen atoms in total. The van der Waals surface area contributed by atoms with Gasteiger partial charge in [0.25, 0.3) is 0 Å². The Morgan fingerprint density at radius 2 is 1.77 bits per heavy atom. The molecule has 0 radical (unpaired) electrons. The highest BCUT2D eigenvalue weighted by molar-refractivity contribution is 7.89. The highest BCUT2D eigenvalue weighted by atomic mass is 32.2. The van der Waals surface area contributed by atoms with Gasteiger partial charge in [-0.05, 0) is 46.2 Å². The first kappa shape index (κ1) is 21.4. The number of aryl methyl sites for hydroxylation is 3. The van der Waals surface area contributed by atoms with E-state index in [1.54, 1.807) is 20.0 Å². The maximum Gasteiger partial charge on any atom is 0.248 e. The first-order valence-corrected chi connectivity index (χ1v) is 11.7. The molecule has 4 rings (SSSR count). The van der Waals surface area contributed by atoms with E-state index in [9.17, 15) is 8.42 Å². The van der Waals surface area contributed by atoms with Gasteiger partial charge < -0.3 is 9.42 Å². The lowest BCUT2D eigenvalue weighted by Crippen LogP contribution is -2.36. The number of hydrogen-bond donors (Lipinski definition) is 0. The molecule has 1 fully saturated rings. The Labute approximate surface area is 182 Å². The van der Waals surface area contributed by atoms with Gasteiger partial charge in [0.1, 0.15) is 22.1 Å². The zero-order valence-electron chi connectivity index (χ0n) is 18.2. The zero-order valence-corrected chi connectivity index (χ0v) is 19.0. The molecule has 10 heteroatoms. The zero-order chi connectivity index (χ0) is 22.2. The lowest BCUT2D eigenvalue weighted by atomic mass is 10.2. The van der Waals surface area contributed by atoms with Gasteiger partial charge in [-0.15, -0.1) is 0 Å². The summed E-state index contributed by atoms with van der Waals surface area (Å²) >= 11 is 0. The fraction of sp³-hybridized carbons (Fsp3) is 0.429. The van der Waals surface area contributed by atoms with Crippen LogP contribution >= 0.6 is 0 Å². The van der Waals surface area contributed by atoms with E-state index in [1.807, 2.05) is 32.0 Å². The summed E-state index contributed by atoms with van der Waals surface area (Å²) in [6.07, 6.45) is 2.40. The molecule has 0 aromatic carbocycles. The van der Waals surface area contributed by atoms with Crippen molar-refractivity contribution in [1.82, 2.24) is 24.4 Å². The van der Waals surface area contributed by atoms with Gasteiger partial charge >= 0.3 is 0 Å². The van der Waals surface area contributed by atoms with Crippen LogP contribution in [0, 0.1) is 27.7 Å². The quantitative estimate of drug-likeness (QED) is 0.607. The number of hydrogen-bond acceptors (Lipinski definition) is 8. The number of aromatic nitrogens is 4. The number of pyridine rings is 1. The monoisotopic (exact) mass is 442 g/mol. The summed E-state index contributed by atoms with van der Waals surface area (Å²) in [5, 5.41) is 3.81. The molecule has 0 unspecified atom stereocenters. The molecule has 0 bridgehead atoms. The van der Waals surface area contributed by atoms with Crippen LogP contribution in [-0.4, -0.2) is 59.0 Å². The smallest absolute Gasteiger partial charge is 0.248 e. The van der Waals surface area contributed by atoms with Crippen molar-refractivity contribution in [2.24, 2.45) is 0 Å². The average molecular weight is 443 g/mol. The Balaban J connectivity index is 1.62. The second-order valence-electron chi connectivity index (χ2n) is 7.69. The van der Waals surface area contributed by atoms with Crippen LogP contribution in [0.15, 0.2) is 33.8 Å². The van der Waals surface area contributed by atoms with Gasteiger partial charge in [0.15, 0.2) is 11.6 Å². The Morgan fingerprint density at radius 1 is 0.968 bits per heavy atom. The molecule has 4 heterocycles. The van der Waals surface area contributed by atoms with Gasteiger partial charge in [-0.2, -0.15) is 4.31 Å². The van der Waals surface area contributed by atoms with E-state index in [0.717, 1.165) is 17.1 Å². The summed E-state index contributed by atoms with van der Waals surface area (Å²) in [6.45, 7) is 9.25. The van der Waals surface area contributed by atoms with Crippen LogP contribution in [0.2, 0.25) is 0 Å². The topological polar surface area (TPSA) is 105 Å². The Hall–Kier alpha value is -2.85. The van der Waals surface area contributed by atoms with E-state index < -0.39 is 10.0 Å². The summed E-state index contributed by atoms with van der Waals surface area (Å²) < 4.78 is 33.0. The SMILES string of the molecule is Cc1nc(-c2ccccn2)nc(N2CCCN(S(=O)(=O)c3c(C)noc3C)CC2)c1C. The molecule has 1 aliphatic rings. The van der Waals surface area contributed by atoms with Gasteiger partial charge in [0, 0.05) is 43.6 Å². The van der Waals surface area contributed by atoms with Crippen molar-refractivity contribution in [3.63, 3.8) is 0 Å². The fourth-order valence-electron chi connectivity index (χ4n) is 3.85. The number of rotatable bonds is 4. The molecular weight excluding hydrogens is 416 g/mol. The second kappa shape index (κ2) is 8.35. The third-order valence-corrected chi connectivity index (χ3v) is 7.72. The summed E-state index contributed by atoms with van der Waals surface area (Å²) in [4.78, 5) is 16.1. The Kier molecular flexibility index (Phi) is 5.76. The summed E-state index contributed by atoms with van der Waals surface area (Å²) in [7, 11) is -3.67. The van der Waals surface area contributed by atoms with Crippen molar-refractivity contribution in [3.8, 4) is 11.5 Å². The summed E-state index contributed by atoms with van der Waals surface area (Å²) in [6, 6.07) is 5.65. The van der Waals surface area contributed by atoms with Gasteiger partial charge in [0.05, 0.1) is 0 Å². The predicted molar refractivity (Wildman–Crippen MR) is 116 cm³/mol. The van der Waals surface area contributed by atoms with Crippen molar-refractivity contribution in [3.05, 3.63) is 47.1 Å². The molecule has 0 aliphatic carbocycles. The van der Waals surface area contributed by atoms with E-state index in [2.05, 4.69) is 20.0 Å². The van der Waals surface area contributed by atoms with Gasteiger partial charge in [0.2, 0.25) is 10.0 Å². The largest absolute Gasteiger partial charge is 0.360 e. The minimum Gasteiger partial charge on any atom is -0.360 e. The van der Waals surface area contributed by atoms with Crippen LogP contribution in [-0.2, 0) is 10.0 Å². The van der Waals surface area contributed by atoms with Crippen LogP contribution < -0.4 is 4.90 Å². The minimum absolute atomic E-state index is 0.174. The van der Waals surface area contributed by atoms with Crippen LogP contribution in [0.4, 0.5) is 5.82 Å². The molecule has 0 spiro atoms. The maximum atomic E-state index is 13.2. The standard InChI is InChI=1S/C21H26N6O3S/c1-14-15(2)23-20(18-8-5-6-9-22-18)24-21(14)26-10-7-11-27(13-12-26)31(28,29)19-16(3)25-30-17(19)4/h5-6,8-9H,7,10-13H2,1-4H3. The molecular formula is C21H26N6O3S. The maximum absolute atomic E-state index is 13.2. The first-order valence-electron chi connectivity index (χ1n) is 10.2. The lowest BCUT2D eigenvalue weighted by Gasteiger charge is -2.25. The third-order valence-electron chi connectivity index (χ3n) is 5.58.